The van der Waals surface area contributed by atoms with Gasteiger partial charge in [0.1, 0.15) is 0 Å². The van der Waals surface area contributed by atoms with Crippen LogP contribution in [0.1, 0.15) is 13.3 Å². The zero-order valence-corrected chi connectivity index (χ0v) is 9.31. The summed E-state index contributed by atoms with van der Waals surface area (Å²) in [6.45, 7) is 4.55. The molecule has 0 aliphatic carbocycles. The number of hydrogen-bond acceptors (Lipinski definition) is 4. The Morgan fingerprint density at radius 3 is 2.69 bits per heavy atom. The first kappa shape index (κ1) is 13.2. The Balaban J connectivity index is 2.91. The first-order valence-electron chi connectivity index (χ1n) is 4.60. The average molecular weight is 208 g/mol. The number of methoxy groups -OCH3 is 1. The van der Waals surface area contributed by atoms with Crippen molar-refractivity contribution in [3.05, 3.63) is 0 Å². The van der Waals surface area contributed by atoms with Crippen LogP contribution in [0.5, 0.6) is 0 Å². The zero-order chi connectivity index (χ0) is 9.94. The summed E-state index contributed by atoms with van der Waals surface area (Å²) in [6, 6.07) is 0. The van der Waals surface area contributed by atoms with Crippen LogP contribution in [0.2, 0.25) is 0 Å². The molecule has 0 bridgehead atoms. The third-order valence-electron chi connectivity index (χ3n) is 1.52. The van der Waals surface area contributed by atoms with Gasteiger partial charge in [-0.3, -0.25) is 0 Å². The predicted molar refractivity (Wildman–Crippen MR) is 56.3 cm³/mol. The monoisotopic (exact) mass is 208 g/mol. The topological polar surface area (TPSA) is 38.7 Å². The second-order valence-corrected chi connectivity index (χ2v) is 4.37. The fraction of sp³-hybridized carbons (Fsp3) is 1.00. The van der Waals surface area contributed by atoms with E-state index in [4.69, 9.17) is 14.6 Å². The van der Waals surface area contributed by atoms with Crippen LogP contribution in [0.4, 0.5) is 0 Å². The van der Waals surface area contributed by atoms with Crippen LogP contribution in [-0.4, -0.2) is 49.6 Å². The Kier molecular flexibility index (Phi) is 10.5. The second kappa shape index (κ2) is 10.3. The van der Waals surface area contributed by atoms with Crippen molar-refractivity contribution in [2.75, 3.05) is 39.3 Å². The van der Waals surface area contributed by atoms with Gasteiger partial charge < -0.3 is 14.6 Å². The smallest absolute Gasteiger partial charge is 0.0556 e. The van der Waals surface area contributed by atoms with Crippen LogP contribution < -0.4 is 0 Å². The molecule has 0 aliphatic heterocycles. The summed E-state index contributed by atoms with van der Waals surface area (Å²) < 4.78 is 10.2. The standard InChI is InChI=1S/C9H20O3S/c1-9(8-10)13-7-6-12-5-3-4-11-2/h9-10H,3-8H2,1-2H3. The van der Waals surface area contributed by atoms with Gasteiger partial charge >= 0.3 is 0 Å². The maximum absolute atomic E-state index is 8.73. The SMILES string of the molecule is COCCCOCCSC(C)CO. The highest BCUT2D eigenvalue weighted by Crippen LogP contribution is 2.08. The van der Waals surface area contributed by atoms with Crippen LogP contribution >= 0.6 is 11.8 Å². The summed E-state index contributed by atoms with van der Waals surface area (Å²) in [6.07, 6.45) is 0.955. The van der Waals surface area contributed by atoms with E-state index < -0.39 is 0 Å². The van der Waals surface area contributed by atoms with Crippen molar-refractivity contribution < 1.29 is 14.6 Å². The van der Waals surface area contributed by atoms with Crippen molar-refractivity contribution >= 4 is 11.8 Å². The van der Waals surface area contributed by atoms with Gasteiger partial charge in [-0.05, 0) is 6.42 Å². The molecule has 3 nitrogen and oxygen atoms in total. The lowest BCUT2D eigenvalue weighted by Crippen LogP contribution is -2.07. The lowest BCUT2D eigenvalue weighted by atomic mass is 10.5. The highest BCUT2D eigenvalue weighted by molar-refractivity contribution is 7.99. The number of thioether (sulfide) groups is 1. The molecule has 0 aromatic carbocycles. The Labute approximate surface area is 84.8 Å². The molecule has 4 heteroatoms. The van der Waals surface area contributed by atoms with Crippen LogP contribution in [0.15, 0.2) is 0 Å². The zero-order valence-electron chi connectivity index (χ0n) is 8.49. The molecule has 0 aliphatic rings. The normalized spacial score (nSPS) is 13.2. The predicted octanol–water partition coefficient (Wildman–Crippen LogP) is 1.15. The Morgan fingerprint density at radius 2 is 2.08 bits per heavy atom. The van der Waals surface area contributed by atoms with E-state index in [9.17, 15) is 0 Å². The Bertz CT molecular complexity index is 101. The van der Waals surface area contributed by atoms with Crippen LogP contribution in [0.25, 0.3) is 0 Å². The van der Waals surface area contributed by atoms with Crippen molar-refractivity contribution in [1.29, 1.82) is 0 Å². The van der Waals surface area contributed by atoms with Crippen LogP contribution in [0, 0.1) is 0 Å². The third-order valence-corrected chi connectivity index (χ3v) is 2.64. The van der Waals surface area contributed by atoms with Gasteiger partial charge in [0.2, 0.25) is 0 Å². The lowest BCUT2D eigenvalue weighted by Gasteiger charge is -2.07. The summed E-state index contributed by atoms with van der Waals surface area (Å²) >= 11 is 1.73. The van der Waals surface area contributed by atoms with Crippen molar-refractivity contribution in [3.8, 4) is 0 Å². The minimum atomic E-state index is 0.244. The second-order valence-electron chi connectivity index (χ2n) is 2.82. The van der Waals surface area contributed by atoms with Crippen molar-refractivity contribution in [2.24, 2.45) is 0 Å². The third kappa shape index (κ3) is 10.1. The van der Waals surface area contributed by atoms with Gasteiger partial charge in [-0.1, -0.05) is 6.92 Å². The minimum Gasteiger partial charge on any atom is -0.395 e. The Hall–Kier alpha value is 0.230. The molecule has 0 fully saturated rings. The van der Waals surface area contributed by atoms with E-state index in [1.54, 1.807) is 18.9 Å². The molecule has 80 valence electrons. The molecule has 1 N–H and O–H groups in total. The van der Waals surface area contributed by atoms with Gasteiger partial charge in [-0.15, -0.1) is 0 Å². The number of ether oxygens (including phenoxy) is 2. The van der Waals surface area contributed by atoms with Gasteiger partial charge in [0.25, 0.3) is 0 Å². The molecule has 1 atom stereocenters. The minimum absolute atomic E-state index is 0.244. The number of aliphatic hydroxyl groups is 1. The maximum Gasteiger partial charge on any atom is 0.0556 e. The van der Waals surface area contributed by atoms with Crippen molar-refractivity contribution in [1.82, 2.24) is 0 Å². The molecule has 1 unspecified atom stereocenters. The number of hydrogen-bond donors (Lipinski definition) is 1. The fourth-order valence-corrected chi connectivity index (χ4v) is 1.49. The summed E-state index contributed by atoms with van der Waals surface area (Å²) in [5.74, 6) is 0.953. The molecular formula is C9H20O3S. The Morgan fingerprint density at radius 1 is 1.31 bits per heavy atom. The van der Waals surface area contributed by atoms with Crippen LogP contribution in [-0.2, 0) is 9.47 Å². The van der Waals surface area contributed by atoms with E-state index >= 15 is 0 Å². The van der Waals surface area contributed by atoms with E-state index in [0.717, 1.165) is 32.0 Å². The van der Waals surface area contributed by atoms with E-state index in [1.165, 1.54) is 0 Å². The summed E-state index contributed by atoms with van der Waals surface area (Å²) in [5.41, 5.74) is 0. The lowest BCUT2D eigenvalue weighted by molar-refractivity contribution is 0.113. The highest BCUT2D eigenvalue weighted by atomic mass is 32.2. The van der Waals surface area contributed by atoms with Crippen molar-refractivity contribution in [3.63, 3.8) is 0 Å². The summed E-state index contributed by atoms with van der Waals surface area (Å²) in [5, 5.41) is 9.05. The van der Waals surface area contributed by atoms with Gasteiger partial charge in [0.15, 0.2) is 0 Å². The highest BCUT2D eigenvalue weighted by Gasteiger charge is 1.98. The molecule has 0 saturated heterocycles. The van der Waals surface area contributed by atoms with Gasteiger partial charge in [-0.2, -0.15) is 11.8 Å². The molecular weight excluding hydrogens is 188 g/mol. The van der Waals surface area contributed by atoms with Gasteiger partial charge in [0.05, 0.1) is 13.2 Å². The van der Waals surface area contributed by atoms with Crippen LogP contribution in [0.3, 0.4) is 0 Å². The fourth-order valence-electron chi connectivity index (χ4n) is 0.768. The molecule has 0 saturated carbocycles. The summed E-state index contributed by atoms with van der Waals surface area (Å²) in [4.78, 5) is 0. The van der Waals surface area contributed by atoms with E-state index in [1.807, 2.05) is 6.92 Å². The molecule has 0 amide bonds. The quantitative estimate of drug-likeness (QED) is 0.577. The average Bonchev–Trinajstić information content (AvgIpc) is 2.16. The molecule has 0 heterocycles. The molecule has 0 radical (unpaired) electrons. The van der Waals surface area contributed by atoms with E-state index in [-0.39, 0.29) is 6.61 Å². The number of aliphatic hydroxyl groups excluding tert-OH is 1. The molecule has 0 spiro atoms. The number of rotatable bonds is 9. The van der Waals surface area contributed by atoms with Gasteiger partial charge in [0, 0.05) is 31.3 Å². The molecule has 0 rings (SSSR count). The first-order valence-corrected chi connectivity index (χ1v) is 5.65. The van der Waals surface area contributed by atoms with Gasteiger partial charge in [-0.25, -0.2) is 0 Å². The summed E-state index contributed by atoms with van der Waals surface area (Å²) in [7, 11) is 1.69. The van der Waals surface area contributed by atoms with Crippen molar-refractivity contribution in [2.45, 2.75) is 18.6 Å². The van der Waals surface area contributed by atoms with E-state index in [2.05, 4.69) is 0 Å². The molecule has 13 heavy (non-hydrogen) atoms. The van der Waals surface area contributed by atoms with E-state index in [0.29, 0.717) is 5.25 Å². The molecule has 0 aromatic heterocycles. The molecule has 0 aromatic rings. The maximum atomic E-state index is 8.73. The first-order chi connectivity index (χ1) is 6.31. The largest absolute Gasteiger partial charge is 0.395 e.